The maximum absolute atomic E-state index is 11.8. The number of hydrogen-bond donors (Lipinski definition) is 3. The van der Waals surface area contributed by atoms with Gasteiger partial charge in [0.25, 0.3) is 0 Å². The second-order valence-corrected chi connectivity index (χ2v) is 4.91. The molecule has 2 heterocycles. The first-order valence-electron chi connectivity index (χ1n) is 6.76. The number of carbonyl (C=O) groups excluding carboxylic acids is 1. The van der Waals surface area contributed by atoms with E-state index in [1.54, 1.807) is 0 Å². The van der Waals surface area contributed by atoms with Crippen LogP contribution in [-0.4, -0.2) is 73.4 Å². The van der Waals surface area contributed by atoms with Gasteiger partial charge in [-0.15, -0.1) is 0 Å². The number of carboxylic acid groups (broad SMARTS) is 1. The third-order valence-corrected chi connectivity index (χ3v) is 3.52. The summed E-state index contributed by atoms with van der Waals surface area (Å²) in [6, 6.07) is 0. The van der Waals surface area contributed by atoms with E-state index in [-0.39, 0.29) is 5.91 Å². The fourth-order valence-corrected chi connectivity index (χ4v) is 2.40. The number of nitrogens with zero attached hydrogens (tertiary/aromatic N) is 1. The topological polar surface area (TPSA) is 90.9 Å². The second kappa shape index (κ2) is 6.83. The normalized spacial score (nSPS) is 28.2. The average molecular weight is 271 g/mol. The highest BCUT2D eigenvalue weighted by molar-refractivity contribution is 5.82. The highest BCUT2D eigenvalue weighted by Crippen LogP contribution is 2.19. The van der Waals surface area contributed by atoms with Crippen molar-refractivity contribution in [3.05, 3.63) is 0 Å². The molecular formula is C12H21N3O4. The highest BCUT2D eigenvalue weighted by atomic mass is 16.5. The van der Waals surface area contributed by atoms with Crippen molar-refractivity contribution in [1.82, 2.24) is 15.5 Å². The van der Waals surface area contributed by atoms with Crippen LogP contribution < -0.4 is 10.6 Å². The second-order valence-electron chi connectivity index (χ2n) is 4.91. The predicted molar refractivity (Wildman–Crippen MR) is 67.9 cm³/mol. The van der Waals surface area contributed by atoms with Crippen LogP contribution in [0.4, 0.5) is 0 Å². The summed E-state index contributed by atoms with van der Waals surface area (Å²) in [4.78, 5) is 24.8. The first-order chi connectivity index (χ1) is 9.16. The Balaban J connectivity index is 1.63. The molecule has 0 saturated carbocycles. The molecule has 0 bridgehead atoms. The van der Waals surface area contributed by atoms with E-state index < -0.39 is 18.2 Å². The van der Waals surface area contributed by atoms with Crippen molar-refractivity contribution in [2.45, 2.75) is 25.0 Å². The minimum absolute atomic E-state index is 0.195. The van der Waals surface area contributed by atoms with Crippen molar-refractivity contribution >= 4 is 11.9 Å². The maximum Gasteiger partial charge on any atom is 0.332 e. The zero-order valence-corrected chi connectivity index (χ0v) is 10.9. The van der Waals surface area contributed by atoms with Crippen LogP contribution in [0.2, 0.25) is 0 Å². The van der Waals surface area contributed by atoms with Crippen molar-refractivity contribution in [3.63, 3.8) is 0 Å². The molecule has 2 aliphatic heterocycles. The minimum Gasteiger partial charge on any atom is -0.479 e. The fourth-order valence-electron chi connectivity index (χ4n) is 2.40. The third-order valence-electron chi connectivity index (χ3n) is 3.52. The van der Waals surface area contributed by atoms with Crippen molar-refractivity contribution in [3.8, 4) is 0 Å². The molecule has 0 spiro atoms. The monoisotopic (exact) mass is 271 g/mol. The Kier molecular flexibility index (Phi) is 5.12. The lowest BCUT2D eigenvalue weighted by Crippen LogP contribution is -2.47. The van der Waals surface area contributed by atoms with E-state index in [0.29, 0.717) is 19.4 Å². The summed E-state index contributed by atoms with van der Waals surface area (Å²) in [5.74, 6) is -1.19. The summed E-state index contributed by atoms with van der Waals surface area (Å²) in [6.07, 6.45) is -0.546. The molecule has 1 amide bonds. The highest BCUT2D eigenvalue weighted by Gasteiger charge is 2.34. The molecule has 3 N–H and O–H groups in total. The lowest BCUT2D eigenvalue weighted by atomic mass is 10.2. The molecule has 7 nitrogen and oxygen atoms in total. The molecule has 0 aromatic carbocycles. The van der Waals surface area contributed by atoms with Gasteiger partial charge in [0, 0.05) is 39.3 Å². The number of carbonyl (C=O) groups is 2. The van der Waals surface area contributed by atoms with E-state index in [9.17, 15) is 9.59 Å². The molecule has 0 radical (unpaired) electrons. The first kappa shape index (κ1) is 14.2. The van der Waals surface area contributed by atoms with Crippen molar-refractivity contribution in [1.29, 1.82) is 0 Å². The molecule has 2 rings (SSSR count). The zero-order valence-electron chi connectivity index (χ0n) is 10.9. The smallest absolute Gasteiger partial charge is 0.332 e. The Labute approximate surface area is 112 Å². The Morgan fingerprint density at radius 1 is 1.26 bits per heavy atom. The summed E-state index contributed by atoms with van der Waals surface area (Å²) in [7, 11) is 0. The maximum atomic E-state index is 11.8. The number of piperazine rings is 1. The number of ether oxygens (including phenoxy) is 1. The lowest BCUT2D eigenvalue weighted by molar-refractivity contribution is -0.151. The van der Waals surface area contributed by atoms with E-state index in [1.165, 1.54) is 0 Å². The number of nitrogens with one attached hydrogen (secondary N) is 2. The third kappa shape index (κ3) is 4.15. The van der Waals surface area contributed by atoms with Gasteiger partial charge in [-0.3, -0.25) is 9.69 Å². The van der Waals surface area contributed by atoms with E-state index in [0.717, 1.165) is 32.7 Å². The largest absolute Gasteiger partial charge is 0.479 e. The molecule has 2 aliphatic rings. The van der Waals surface area contributed by atoms with Crippen LogP contribution in [0.15, 0.2) is 0 Å². The van der Waals surface area contributed by atoms with E-state index in [1.807, 2.05) is 0 Å². The van der Waals surface area contributed by atoms with E-state index >= 15 is 0 Å². The molecule has 2 fully saturated rings. The fraction of sp³-hybridized carbons (Fsp3) is 0.833. The number of carboxylic acids is 1. The average Bonchev–Trinajstić information content (AvgIpc) is 2.89. The first-order valence-corrected chi connectivity index (χ1v) is 6.76. The van der Waals surface area contributed by atoms with Crippen LogP contribution in [0.1, 0.15) is 12.8 Å². The summed E-state index contributed by atoms with van der Waals surface area (Å²) >= 11 is 0. The molecule has 0 unspecified atom stereocenters. The minimum atomic E-state index is -0.990. The molecule has 108 valence electrons. The number of aliphatic carboxylic acids is 1. The van der Waals surface area contributed by atoms with Crippen LogP contribution in [0.5, 0.6) is 0 Å². The molecule has 2 saturated heterocycles. The molecule has 2 atom stereocenters. The number of hydrogen-bond acceptors (Lipinski definition) is 5. The van der Waals surface area contributed by atoms with Crippen molar-refractivity contribution in [2.24, 2.45) is 0 Å². The summed E-state index contributed by atoms with van der Waals surface area (Å²) in [5, 5.41) is 14.9. The number of rotatable bonds is 5. The van der Waals surface area contributed by atoms with Gasteiger partial charge in [0.1, 0.15) is 6.10 Å². The molecule has 0 aromatic heterocycles. The summed E-state index contributed by atoms with van der Waals surface area (Å²) < 4.78 is 5.19. The van der Waals surface area contributed by atoms with Crippen LogP contribution in [-0.2, 0) is 14.3 Å². The summed E-state index contributed by atoms with van der Waals surface area (Å²) in [6.45, 7) is 5.37. The van der Waals surface area contributed by atoms with Gasteiger partial charge < -0.3 is 20.5 Å². The van der Waals surface area contributed by atoms with Crippen LogP contribution in [0.25, 0.3) is 0 Å². The van der Waals surface area contributed by atoms with Gasteiger partial charge in [-0.2, -0.15) is 0 Å². The predicted octanol–water partition coefficient (Wildman–Crippen LogP) is -1.36. The van der Waals surface area contributed by atoms with Gasteiger partial charge in [0.05, 0.1) is 0 Å². The molecule has 0 aromatic rings. The van der Waals surface area contributed by atoms with Gasteiger partial charge >= 0.3 is 5.97 Å². The van der Waals surface area contributed by atoms with Gasteiger partial charge in [-0.25, -0.2) is 4.79 Å². The Bertz CT molecular complexity index is 331. The Morgan fingerprint density at radius 3 is 2.58 bits per heavy atom. The molecule has 0 aliphatic carbocycles. The van der Waals surface area contributed by atoms with Gasteiger partial charge in [0.15, 0.2) is 6.10 Å². The molecule has 7 heteroatoms. The van der Waals surface area contributed by atoms with E-state index in [2.05, 4.69) is 15.5 Å². The summed E-state index contributed by atoms with van der Waals surface area (Å²) in [5.41, 5.74) is 0. The Hall–Kier alpha value is -1.18. The van der Waals surface area contributed by atoms with Crippen LogP contribution >= 0.6 is 0 Å². The van der Waals surface area contributed by atoms with Gasteiger partial charge in [0.2, 0.25) is 5.91 Å². The molecule has 19 heavy (non-hydrogen) atoms. The van der Waals surface area contributed by atoms with Gasteiger partial charge in [-0.05, 0) is 12.8 Å². The van der Waals surface area contributed by atoms with Crippen molar-refractivity contribution in [2.75, 3.05) is 39.3 Å². The Morgan fingerprint density at radius 2 is 1.95 bits per heavy atom. The van der Waals surface area contributed by atoms with Crippen LogP contribution in [0.3, 0.4) is 0 Å². The lowest BCUT2D eigenvalue weighted by Gasteiger charge is -2.27. The standard InChI is InChI=1S/C12H21N3O4/c16-11(9-1-2-10(19-9)12(17)18)14-5-8-15-6-3-13-4-7-15/h9-10,13H,1-8H2,(H,14,16)(H,17,18)/t9-,10+/m0/s1. The van der Waals surface area contributed by atoms with E-state index in [4.69, 9.17) is 9.84 Å². The zero-order chi connectivity index (χ0) is 13.7. The van der Waals surface area contributed by atoms with Crippen molar-refractivity contribution < 1.29 is 19.4 Å². The quantitative estimate of drug-likeness (QED) is 0.572. The van der Waals surface area contributed by atoms with Crippen LogP contribution in [0, 0.1) is 0 Å². The van der Waals surface area contributed by atoms with Gasteiger partial charge in [-0.1, -0.05) is 0 Å². The SMILES string of the molecule is O=C(NCCN1CCNCC1)[C@@H]1CC[C@H](C(=O)O)O1. The number of amides is 1. The molecular weight excluding hydrogens is 250 g/mol.